The minimum Gasteiger partial charge on any atom is -0.485 e. The van der Waals surface area contributed by atoms with Gasteiger partial charge in [0.2, 0.25) is 0 Å². The Labute approximate surface area is 129 Å². The first kappa shape index (κ1) is 16.2. The van der Waals surface area contributed by atoms with Crippen LogP contribution in [0, 0.1) is 0 Å². The van der Waals surface area contributed by atoms with Gasteiger partial charge in [-0.15, -0.1) is 0 Å². The third kappa shape index (κ3) is 4.37. The van der Waals surface area contributed by atoms with Crippen molar-refractivity contribution in [1.82, 2.24) is 5.32 Å². The summed E-state index contributed by atoms with van der Waals surface area (Å²) in [5.74, 6) is 1.84. The highest BCUT2D eigenvalue weighted by atomic mass is 16.5. The van der Waals surface area contributed by atoms with Crippen LogP contribution in [0.15, 0.2) is 18.2 Å². The molecule has 1 heterocycles. The minimum absolute atomic E-state index is 0.123. The van der Waals surface area contributed by atoms with Crippen molar-refractivity contribution in [2.24, 2.45) is 0 Å². The van der Waals surface area contributed by atoms with E-state index in [0.717, 1.165) is 50.3 Å². The second-order valence-corrected chi connectivity index (χ2v) is 6.52. The van der Waals surface area contributed by atoms with E-state index in [9.17, 15) is 0 Å². The zero-order valence-corrected chi connectivity index (χ0v) is 13.9. The van der Waals surface area contributed by atoms with Crippen molar-refractivity contribution in [3.63, 3.8) is 0 Å². The average molecular weight is 291 g/mol. The van der Waals surface area contributed by atoms with Gasteiger partial charge in [0, 0.05) is 18.5 Å². The lowest BCUT2D eigenvalue weighted by Gasteiger charge is -2.22. The molecule has 0 spiro atoms. The molecule has 1 N–H and O–H groups in total. The number of hydrogen-bond donors (Lipinski definition) is 1. The zero-order chi connectivity index (χ0) is 15.3. The van der Waals surface area contributed by atoms with Crippen molar-refractivity contribution >= 4 is 0 Å². The van der Waals surface area contributed by atoms with E-state index < -0.39 is 0 Å². The molecule has 1 aromatic carbocycles. The summed E-state index contributed by atoms with van der Waals surface area (Å²) in [6.45, 7) is 10.6. The molecule has 0 amide bonds. The lowest BCUT2D eigenvalue weighted by Crippen LogP contribution is -2.32. The molecule has 118 valence electrons. The molecule has 3 nitrogen and oxygen atoms in total. The molecule has 1 aliphatic rings. The van der Waals surface area contributed by atoms with E-state index in [0.29, 0.717) is 0 Å². The molecule has 0 saturated carbocycles. The van der Waals surface area contributed by atoms with Gasteiger partial charge >= 0.3 is 0 Å². The van der Waals surface area contributed by atoms with Crippen molar-refractivity contribution in [2.45, 2.75) is 65.1 Å². The maximum absolute atomic E-state index is 6.25. The Morgan fingerprint density at radius 2 is 2.10 bits per heavy atom. The number of rotatable bonds is 8. The van der Waals surface area contributed by atoms with Gasteiger partial charge in [-0.1, -0.05) is 32.4 Å². The standard InChI is InChI=1S/C18H29NO2/c1-5-8-15(13-19-11-6-2)20-16-10-7-9-14-12-18(3,4)21-17(14)16/h7,9-10,15,19H,5-6,8,11-13H2,1-4H3. The van der Waals surface area contributed by atoms with Crippen LogP contribution in [0.3, 0.4) is 0 Å². The molecule has 3 heteroatoms. The smallest absolute Gasteiger partial charge is 0.165 e. The first-order valence-corrected chi connectivity index (χ1v) is 8.24. The summed E-state index contributed by atoms with van der Waals surface area (Å²) in [5, 5.41) is 3.46. The third-order valence-corrected chi connectivity index (χ3v) is 3.76. The Kier molecular flexibility index (Phi) is 5.51. The molecule has 21 heavy (non-hydrogen) atoms. The van der Waals surface area contributed by atoms with E-state index in [1.807, 2.05) is 6.07 Å². The Bertz CT molecular complexity index is 457. The highest BCUT2D eigenvalue weighted by Crippen LogP contribution is 2.42. The zero-order valence-electron chi connectivity index (χ0n) is 13.9. The van der Waals surface area contributed by atoms with Gasteiger partial charge in [0.15, 0.2) is 11.5 Å². The fraction of sp³-hybridized carbons (Fsp3) is 0.667. The first-order chi connectivity index (χ1) is 10.1. The number of nitrogens with one attached hydrogen (secondary N) is 1. The molecule has 1 unspecified atom stereocenters. The summed E-state index contributed by atoms with van der Waals surface area (Å²) in [6.07, 6.45) is 4.49. The molecule has 1 atom stereocenters. The van der Waals surface area contributed by atoms with Crippen molar-refractivity contribution in [1.29, 1.82) is 0 Å². The number of hydrogen-bond acceptors (Lipinski definition) is 3. The molecule has 2 rings (SSSR count). The summed E-state index contributed by atoms with van der Waals surface area (Å²) in [6, 6.07) is 6.24. The van der Waals surface area contributed by atoms with Gasteiger partial charge in [-0.3, -0.25) is 0 Å². The van der Waals surface area contributed by atoms with Gasteiger partial charge in [0.25, 0.3) is 0 Å². The number of benzene rings is 1. The van der Waals surface area contributed by atoms with E-state index >= 15 is 0 Å². The Morgan fingerprint density at radius 3 is 2.81 bits per heavy atom. The van der Waals surface area contributed by atoms with Gasteiger partial charge in [0.1, 0.15) is 11.7 Å². The minimum atomic E-state index is -0.123. The van der Waals surface area contributed by atoms with Crippen LogP contribution >= 0.6 is 0 Å². The van der Waals surface area contributed by atoms with Crippen molar-refractivity contribution in [2.75, 3.05) is 13.1 Å². The van der Waals surface area contributed by atoms with Crippen LogP contribution in [-0.4, -0.2) is 24.8 Å². The lowest BCUT2D eigenvalue weighted by molar-refractivity contribution is 0.123. The van der Waals surface area contributed by atoms with E-state index in [-0.39, 0.29) is 11.7 Å². The van der Waals surface area contributed by atoms with Crippen LogP contribution in [0.25, 0.3) is 0 Å². The highest BCUT2D eigenvalue weighted by Gasteiger charge is 2.32. The quantitative estimate of drug-likeness (QED) is 0.736. The van der Waals surface area contributed by atoms with Gasteiger partial charge < -0.3 is 14.8 Å². The molecule has 0 fully saturated rings. The number of ether oxygens (including phenoxy) is 2. The summed E-state index contributed by atoms with van der Waals surface area (Å²) in [7, 11) is 0. The van der Waals surface area contributed by atoms with Crippen molar-refractivity contribution in [3.8, 4) is 11.5 Å². The van der Waals surface area contributed by atoms with Crippen LogP contribution in [-0.2, 0) is 6.42 Å². The molecule has 1 aliphatic heterocycles. The fourth-order valence-electron chi connectivity index (χ4n) is 2.82. The Hall–Kier alpha value is -1.22. The molecule has 0 bridgehead atoms. The van der Waals surface area contributed by atoms with E-state index in [2.05, 4.69) is 45.1 Å². The number of fused-ring (bicyclic) bond motifs is 1. The molecule has 0 radical (unpaired) electrons. The largest absolute Gasteiger partial charge is 0.485 e. The third-order valence-electron chi connectivity index (χ3n) is 3.76. The molecular formula is C18H29NO2. The van der Waals surface area contributed by atoms with Gasteiger partial charge in [-0.05, 0) is 39.3 Å². The molecule has 0 aromatic heterocycles. The van der Waals surface area contributed by atoms with E-state index in [1.165, 1.54) is 5.56 Å². The van der Waals surface area contributed by atoms with Crippen LogP contribution in [0.4, 0.5) is 0 Å². The SMILES string of the molecule is CCCNCC(CCC)Oc1cccc2c1OC(C)(C)C2. The maximum atomic E-state index is 6.25. The second-order valence-electron chi connectivity index (χ2n) is 6.52. The maximum Gasteiger partial charge on any atom is 0.165 e. The van der Waals surface area contributed by atoms with E-state index in [1.54, 1.807) is 0 Å². The Morgan fingerprint density at radius 1 is 1.29 bits per heavy atom. The predicted octanol–water partition coefficient (Wildman–Crippen LogP) is 3.95. The molecule has 0 aliphatic carbocycles. The van der Waals surface area contributed by atoms with Crippen LogP contribution in [0.5, 0.6) is 11.5 Å². The monoisotopic (exact) mass is 291 g/mol. The normalized spacial score (nSPS) is 17.1. The van der Waals surface area contributed by atoms with Crippen molar-refractivity contribution in [3.05, 3.63) is 23.8 Å². The van der Waals surface area contributed by atoms with Crippen LogP contribution < -0.4 is 14.8 Å². The second kappa shape index (κ2) is 7.17. The summed E-state index contributed by atoms with van der Waals surface area (Å²) in [5.41, 5.74) is 1.14. The average Bonchev–Trinajstić information content (AvgIpc) is 2.74. The van der Waals surface area contributed by atoms with Crippen LogP contribution in [0.2, 0.25) is 0 Å². The summed E-state index contributed by atoms with van der Waals surface area (Å²) in [4.78, 5) is 0. The number of para-hydroxylation sites is 1. The summed E-state index contributed by atoms with van der Waals surface area (Å²) < 4.78 is 12.3. The highest BCUT2D eigenvalue weighted by molar-refractivity contribution is 5.50. The first-order valence-electron chi connectivity index (χ1n) is 8.24. The van der Waals surface area contributed by atoms with E-state index in [4.69, 9.17) is 9.47 Å². The van der Waals surface area contributed by atoms with Gasteiger partial charge in [-0.25, -0.2) is 0 Å². The van der Waals surface area contributed by atoms with Gasteiger partial charge in [-0.2, -0.15) is 0 Å². The lowest BCUT2D eigenvalue weighted by atomic mass is 10.0. The fourth-order valence-corrected chi connectivity index (χ4v) is 2.82. The topological polar surface area (TPSA) is 30.5 Å². The predicted molar refractivity (Wildman–Crippen MR) is 87.3 cm³/mol. The Balaban J connectivity index is 2.06. The molecule has 1 aromatic rings. The van der Waals surface area contributed by atoms with Crippen molar-refractivity contribution < 1.29 is 9.47 Å². The van der Waals surface area contributed by atoms with Gasteiger partial charge in [0.05, 0.1) is 0 Å². The summed E-state index contributed by atoms with van der Waals surface area (Å²) >= 11 is 0. The van der Waals surface area contributed by atoms with Crippen LogP contribution in [0.1, 0.15) is 52.5 Å². The molecule has 0 saturated heterocycles. The molecular weight excluding hydrogens is 262 g/mol.